The molecular weight excluding hydrogens is 2060 g/mol. The van der Waals surface area contributed by atoms with Crippen molar-refractivity contribution in [3.8, 4) is 24.2 Å². The first kappa shape index (κ1) is 136. The molecule has 0 aliphatic heterocycles. The molecule has 761 valence electrons. The maximum Gasteiger partial charge on any atom is 0.408 e. The first-order valence-electron chi connectivity index (χ1n) is 45.3. The van der Waals surface area contributed by atoms with Crippen molar-refractivity contribution in [3.05, 3.63) is 342 Å². The number of amides is 3. The SMILES string of the molecule is C.C#CCNC(=O)OC(C)(C)C.CCO.CCOC(C)=O.C[B]P=O.Cc1cccc(C)c1CC(=O)c1cccc(C#CCNC(=O)OC(C)(C)C)c1.Cc1cccc(C)c1CC(=O)c1cccc(CCCN)c1.Cc1cccc(C)c1CC(=O)c1cccc(CCCNC(=O)OC(C)(C)C)c1.Cc1cccc(C)c1CC(=O)c1cccc(I)c1.Cc1cccc(C)c1N.Cl.Cl.Ic1ccccc1.O=C=O. The average molecular weight is 2210 g/mol. The number of ether oxygens (including phenoxy) is 4. The summed E-state index contributed by atoms with van der Waals surface area (Å²) < 4.78 is 31.3. The molecule has 0 spiro atoms. The van der Waals surface area contributed by atoms with E-state index in [0.717, 1.165) is 118 Å². The number of para-hydroxylation sites is 1. The van der Waals surface area contributed by atoms with Crippen molar-refractivity contribution in [2.75, 3.05) is 45.1 Å². The molecule has 0 aromatic heterocycles. The number of aliphatic hydroxyl groups is 1. The number of anilines is 1. The monoisotopic (exact) mass is 2210 g/mol. The highest BCUT2D eigenvalue weighted by Crippen LogP contribution is 2.24. The van der Waals surface area contributed by atoms with Gasteiger partial charge in [0.1, 0.15) is 16.8 Å². The van der Waals surface area contributed by atoms with E-state index in [2.05, 4.69) is 154 Å². The molecule has 21 nitrogen and oxygen atoms in total. The number of nitrogen functional groups attached to an aromatic ring is 1. The summed E-state index contributed by atoms with van der Waals surface area (Å²) in [4.78, 5) is 110. The number of terminal acetylenes is 1. The molecule has 0 atom stereocenters. The first-order chi connectivity index (χ1) is 65.1. The minimum atomic E-state index is -0.540. The van der Waals surface area contributed by atoms with Crippen molar-refractivity contribution in [1.82, 2.24) is 16.0 Å². The molecule has 0 fully saturated rings. The molecule has 0 heterocycles. The van der Waals surface area contributed by atoms with Crippen LogP contribution in [0.25, 0.3) is 0 Å². The Morgan fingerprint density at radius 2 is 0.730 bits per heavy atom. The lowest BCUT2D eigenvalue weighted by Gasteiger charge is -2.19. The normalized spacial score (nSPS) is 9.77. The van der Waals surface area contributed by atoms with Gasteiger partial charge in [0.25, 0.3) is 0 Å². The zero-order valence-corrected chi connectivity index (χ0v) is 92.4. The molecule has 0 aliphatic rings. The van der Waals surface area contributed by atoms with E-state index in [1.54, 1.807) is 81.3 Å². The van der Waals surface area contributed by atoms with Gasteiger partial charge in [-0.2, -0.15) is 9.59 Å². The van der Waals surface area contributed by atoms with E-state index >= 15 is 0 Å². The fourth-order valence-electron chi connectivity index (χ4n) is 12.4. The number of ketones is 4. The number of benzene rings is 10. The summed E-state index contributed by atoms with van der Waals surface area (Å²) in [5.41, 5.74) is 32.7. The Balaban J connectivity index is -0.000000778. The zero-order valence-electron chi connectivity index (χ0n) is 85.6. The van der Waals surface area contributed by atoms with Gasteiger partial charge in [0.2, 0.25) is 7.00 Å². The number of aryl methyl sites for hydroxylation is 12. The molecule has 1 radical (unpaired) electrons. The number of Topliss-reactive ketones (excluding diaryl/α,β-unsaturated/α-hetero) is 4. The summed E-state index contributed by atoms with van der Waals surface area (Å²) >= 11 is 4.51. The van der Waals surface area contributed by atoms with Crippen LogP contribution in [-0.2, 0) is 76.4 Å². The van der Waals surface area contributed by atoms with Gasteiger partial charge < -0.3 is 51.5 Å². The number of nitrogens with one attached hydrogen (secondary N) is 3. The van der Waals surface area contributed by atoms with E-state index in [0.29, 0.717) is 50.9 Å². The standard InChI is InChI=1S/C24H31NO3.C24H27NO3.C19H23NO.C16H15IO.C8H13NO2.C8H11N.C6H5I.C4H8O2.C2H6O.CH3BOP.CO2.CH4.2ClH/c2*1-17-9-6-10-18(2)21(17)16-22(26)20-13-7-11-19(15-20)12-8-14-25-23(27)28-24(3,4)5;1-14-6-3-7-15(2)18(14)13-19(21)17-10-4-8-16(12-17)9-5-11-20;1-11-5-3-6-12(2)15(11)10-16(18)13-7-4-8-14(17)9-13;1-5-6-9-7(10)11-8(2,3)4;1-6-4-3-5-7(2)8(6)9;7-6-4-2-1-3-5-6;1-3-6-4(2)5;1-2-3;1-2-4-3;2-1-3;;;/h6-7,9-11,13,15H,8,12,14,16H2,1-5H3,(H,25,27);6-7,9-11,13,15H,14,16H2,1-5H3,(H,25,27);3-4,6-8,10,12H,5,9,11,13,20H2,1-2H3;3-9H,10H2,1-2H3;1H,6H2,2-4H3,(H,9,10);3-5H,9H2,1-2H3;1-5H;3H2,1-2H3;3H,2H2,1H3;1H3;;1H4;2*1H. The lowest BCUT2D eigenvalue weighted by molar-refractivity contribution is -0.191. The molecule has 8 N–H and O–H groups in total. The van der Waals surface area contributed by atoms with E-state index < -0.39 is 35.1 Å². The molecule has 0 bridgehead atoms. The minimum Gasteiger partial charge on any atom is -0.466 e. The molecule has 0 unspecified atom stereocenters. The highest BCUT2D eigenvalue weighted by atomic mass is 127. The lowest BCUT2D eigenvalue weighted by atomic mass is 9.94. The molecule has 3 amide bonds. The number of nitrogens with two attached hydrogens (primary N) is 2. The Labute approximate surface area is 882 Å². The highest BCUT2D eigenvalue weighted by molar-refractivity contribution is 14.1. The van der Waals surface area contributed by atoms with Crippen LogP contribution in [0.3, 0.4) is 0 Å². The van der Waals surface area contributed by atoms with E-state index in [4.69, 9.17) is 46.8 Å². The van der Waals surface area contributed by atoms with Crippen molar-refractivity contribution in [2.24, 2.45) is 5.73 Å². The van der Waals surface area contributed by atoms with E-state index in [9.17, 15) is 42.9 Å². The molecule has 0 aliphatic carbocycles. The van der Waals surface area contributed by atoms with E-state index in [1.807, 2.05) is 226 Å². The van der Waals surface area contributed by atoms with Gasteiger partial charge in [-0.05, 0) is 360 Å². The van der Waals surface area contributed by atoms with Crippen molar-refractivity contribution in [3.63, 3.8) is 0 Å². The van der Waals surface area contributed by atoms with Crippen LogP contribution in [0.4, 0.5) is 20.1 Å². The Hall–Kier alpha value is -11.4. The molecule has 10 aromatic rings. The van der Waals surface area contributed by atoms with Crippen LogP contribution in [0.2, 0.25) is 6.82 Å². The zero-order chi connectivity index (χ0) is 105. The number of halogens is 4. The molecule has 0 saturated carbocycles. The first-order valence-corrected chi connectivity index (χ1v) is 48.4. The number of alkyl carbamates (subject to hydrolysis) is 3. The minimum absolute atomic E-state index is 0. The summed E-state index contributed by atoms with van der Waals surface area (Å²) in [6, 6.07) is 71.5. The number of hydrogen-bond donors (Lipinski definition) is 6. The largest absolute Gasteiger partial charge is 0.466 e. The molecule has 10 rings (SSSR count). The van der Waals surface area contributed by atoms with Crippen LogP contribution in [-0.4, -0.2) is 122 Å². The molecule has 0 saturated heterocycles. The smallest absolute Gasteiger partial charge is 0.408 e. The Morgan fingerprint density at radius 1 is 0.440 bits per heavy atom. The van der Waals surface area contributed by atoms with Gasteiger partial charge in [0, 0.05) is 86.4 Å². The predicted octanol–water partition coefficient (Wildman–Crippen LogP) is 25.5. The topological polar surface area (TPSA) is 333 Å². The highest BCUT2D eigenvalue weighted by Gasteiger charge is 2.20. The average Bonchev–Trinajstić information content (AvgIpc) is 0.842. The van der Waals surface area contributed by atoms with Gasteiger partial charge in [-0.25, -0.2) is 14.4 Å². The quantitative estimate of drug-likeness (QED) is 0.00399. The van der Waals surface area contributed by atoms with Crippen LogP contribution < -0.4 is 27.4 Å². The maximum absolute atomic E-state index is 12.7. The Bertz CT molecular complexity index is 5520. The predicted molar refractivity (Wildman–Crippen MR) is 598 cm³/mol. The van der Waals surface area contributed by atoms with Gasteiger partial charge >= 0.3 is 30.4 Å². The maximum atomic E-state index is 12.7. The second-order valence-electron chi connectivity index (χ2n) is 34.3. The second kappa shape index (κ2) is 76.3. The number of esters is 1. The van der Waals surface area contributed by atoms with Gasteiger partial charge in [-0.3, -0.25) is 28.5 Å². The van der Waals surface area contributed by atoms with Crippen LogP contribution >= 0.6 is 78.3 Å². The van der Waals surface area contributed by atoms with Gasteiger partial charge in [-0.1, -0.05) is 202 Å². The molecule has 141 heavy (non-hydrogen) atoms. The number of carbonyl (C=O) groups is 8. The fraction of sp³-hybridized carbons (Fsp3) is 0.360. The number of aliphatic hydroxyl groups excluding tert-OH is 1. The number of rotatable bonds is 23. The number of hydrogen-bond acceptors (Lipinski definition) is 18. The Kier molecular flexibility index (Phi) is 73.6. The lowest BCUT2D eigenvalue weighted by Crippen LogP contribution is -2.33. The van der Waals surface area contributed by atoms with Crippen LogP contribution in [0.1, 0.15) is 239 Å². The molecule has 27 heteroatoms. The summed E-state index contributed by atoms with van der Waals surface area (Å²) in [5, 5.41) is 15.3. The number of carbonyl (C=O) groups excluding carboxylic acids is 10. The van der Waals surface area contributed by atoms with Crippen molar-refractivity contribution < 1.29 is 76.6 Å². The summed E-state index contributed by atoms with van der Waals surface area (Å²) in [6.07, 6.45) is 9.00. The van der Waals surface area contributed by atoms with Crippen LogP contribution in [0.15, 0.2) is 218 Å². The van der Waals surface area contributed by atoms with Gasteiger partial charge in [0.05, 0.1) is 28.0 Å². The third kappa shape index (κ3) is 63.9. The van der Waals surface area contributed by atoms with Crippen molar-refractivity contribution in [2.45, 2.75) is 235 Å². The van der Waals surface area contributed by atoms with Crippen LogP contribution in [0.5, 0.6) is 0 Å². The third-order valence-electron chi connectivity index (χ3n) is 19.2. The van der Waals surface area contributed by atoms with Crippen molar-refractivity contribution in [1.29, 1.82) is 0 Å². The second-order valence-corrected chi connectivity index (χ2v) is 37.5. The summed E-state index contributed by atoms with van der Waals surface area (Å²) in [5.74, 6) is 8.48. The van der Waals surface area contributed by atoms with E-state index in [-0.39, 0.29) is 95.5 Å². The van der Waals surface area contributed by atoms with Crippen LogP contribution in [0, 0.1) is 101 Å². The van der Waals surface area contributed by atoms with Gasteiger partial charge in [-0.15, -0.1) is 31.2 Å². The Morgan fingerprint density at radius 3 is 1.01 bits per heavy atom. The van der Waals surface area contributed by atoms with Crippen molar-refractivity contribution >= 4 is 145 Å². The van der Waals surface area contributed by atoms with Gasteiger partial charge in [0.15, 0.2) is 23.1 Å². The third-order valence-corrected chi connectivity index (χ3v) is 20.8. The van der Waals surface area contributed by atoms with E-state index in [1.165, 1.54) is 38.3 Å². The fourth-order valence-corrected chi connectivity index (χ4v) is 13.3. The molecular formula is C114H148BCl2I2N5O16P. The molecule has 10 aromatic carbocycles. The summed E-state index contributed by atoms with van der Waals surface area (Å²) in [7, 11) is 0.123. The summed E-state index contributed by atoms with van der Waals surface area (Å²) in [6.45, 7) is 47.2.